The van der Waals surface area contributed by atoms with Crippen molar-refractivity contribution in [3.8, 4) is 5.75 Å². The molecule has 1 saturated carbocycles. The molecule has 4 nitrogen and oxygen atoms in total. The summed E-state index contributed by atoms with van der Waals surface area (Å²) in [6, 6.07) is 9.82. The summed E-state index contributed by atoms with van der Waals surface area (Å²) in [5.41, 5.74) is 1.50. The van der Waals surface area contributed by atoms with E-state index in [-0.39, 0.29) is 0 Å². The van der Waals surface area contributed by atoms with Crippen molar-refractivity contribution in [3.05, 3.63) is 29.8 Å². The van der Waals surface area contributed by atoms with E-state index in [9.17, 15) is 0 Å². The Morgan fingerprint density at radius 1 is 0.750 bits per heavy atom. The van der Waals surface area contributed by atoms with Gasteiger partial charge in [-0.05, 0) is 88.8 Å². The maximum atomic E-state index is 6.00. The molecule has 0 spiro atoms. The van der Waals surface area contributed by atoms with Gasteiger partial charge in [0.25, 0.3) is 0 Å². The summed E-state index contributed by atoms with van der Waals surface area (Å²) in [5, 5.41) is 0. The summed E-state index contributed by atoms with van der Waals surface area (Å²) in [6.07, 6.45) is 12.7. The van der Waals surface area contributed by atoms with Gasteiger partial charge in [-0.3, -0.25) is 0 Å². The van der Waals surface area contributed by atoms with Crippen molar-refractivity contribution < 1.29 is 18.0 Å². The molecule has 1 aromatic carbocycles. The Kier molecular flexibility index (Phi) is 13.6. The molecule has 1 aliphatic rings. The van der Waals surface area contributed by atoms with Gasteiger partial charge in [-0.15, -0.1) is 0 Å². The molecule has 0 amide bonds. The van der Waals surface area contributed by atoms with Crippen molar-refractivity contribution in [2.24, 2.45) is 5.92 Å². The zero-order valence-electron chi connectivity index (χ0n) is 21.2. The summed E-state index contributed by atoms with van der Waals surface area (Å²) in [5.74, 6) is 2.72. The zero-order valence-corrected chi connectivity index (χ0v) is 22.2. The Morgan fingerprint density at radius 2 is 1.34 bits per heavy atom. The number of benzene rings is 1. The maximum Gasteiger partial charge on any atom is 0.500 e. The summed E-state index contributed by atoms with van der Waals surface area (Å²) >= 11 is 0. The van der Waals surface area contributed by atoms with Crippen LogP contribution in [0.2, 0.25) is 6.04 Å². The highest BCUT2D eigenvalue weighted by molar-refractivity contribution is 6.60. The molecular formula is C27H48O4Si. The highest BCUT2D eigenvalue weighted by Gasteiger charge is 2.39. The molecule has 32 heavy (non-hydrogen) atoms. The van der Waals surface area contributed by atoms with Gasteiger partial charge in [0.1, 0.15) is 5.75 Å². The van der Waals surface area contributed by atoms with Crippen LogP contribution in [0.3, 0.4) is 0 Å². The molecule has 0 radical (unpaired) electrons. The van der Waals surface area contributed by atoms with E-state index in [0.717, 1.165) is 55.9 Å². The maximum absolute atomic E-state index is 6.00. The van der Waals surface area contributed by atoms with Crippen LogP contribution in [0.15, 0.2) is 24.3 Å². The number of hydrogen-bond acceptors (Lipinski definition) is 4. The van der Waals surface area contributed by atoms with E-state index in [0.29, 0.717) is 19.8 Å². The van der Waals surface area contributed by atoms with Crippen LogP contribution in [0.4, 0.5) is 0 Å². The SMILES string of the molecule is CCCC1CCC(c2ccc(OCCCCCC[Si](OCC)(OCC)OCC)cc2)CC1. The fourth-order valence-electron chi connectivity index (χ4n) is 5.02. The lowest BCUT2D eigenvalue weighted by atomic mass is 9.77. The van der Waals surface area contributed by atoms with Crippen molar-refractivity contribution in [1.82, 2.24) is 0 Å². The van der Waals surface area contributed by atoms with E-state index < -0.39 is 8.80 Å². The lowest BCUT2D eigenvalue weighted by Crippen LogP contribution is -2.45. The molecule has 0 bridgehead atoms. The molecule has 0 unspecified atom stereocenters. The Balaban J connectivity index is 1.62. The van der Waals surface area contributed by atoms with Crippen molar-refractivity contribution in [1.29, 1.82) is 0 Å². The average Bonchev–Trinajstić information content (AvgIpc) is 2.80. The topological polar surface area (TPSA) is 36.9 Å². The summed E-state index contributed by atoms with van der Waals surface area (Å²) < 4.78 is 23.8. The third-order valence-electron chi connectivity index (χ3n) is 6.63. The van der Waals surface area contributed by atoms with Gasteiger partial charge in [0.05, 0.1) is 6.61 Å². The zero-order chi connectivity index (χ0) is 23.1. The normalized spacial score (nSPS) is 19.2. The third-order valence-corrected chi connectivity index (χ3v) is 9.79. The van der Waals surface area contributed by atoms with Gasteiger partial charge in [-0.1, -0.05) is 44.7 Å². The second-order valence-corrected chi connectivity index (χ2v) is 11.8. The van der Waals surface area contributed by atoms with Crippen molar-refractivity contribution >= 4 is 8.80 Å². The molecule has 0 aliphatic heterocycles. The van der Waals surface area contributed by atoms with Crippen molar-refractivity contribution in [3.63, 3.8) is 0 Å². The summed E-state index contributed by atoms with van der Waals surface area (Å²) in [4.78, 5) is 0. The number of ether oxygens (including phenoxy) is 1. The van der Waals surface area contributed by atoms with Gasteiger partial charge in [0.2, 0.25) is 0 Å². The van der Waals surface area contributed by atoms with E-state index in [1.165, 1.54) is 44.1 Å². The first-order valence-electron chi connectivity index (χ1n) is 13.3. The molecule has 184 valence electrons. The minimum absolute atomic E-state index is 0.652. The molecule has 5 heteroatoms. The van der Waals surface area contributed by atoms with Gasteiger partial charge in [0.15, 0.2) is 0 Å². The molecule has 0 atom stereocenters. The largest absolute Gasteiger partial charge is 0.500 e. The van der Waals surface area contributed by atoms with Gasteiger partial charge in [-0.25, -0.2) is 0 Å². The average molecular weight is 465 g/mol. The Bertz CT molecular complexity index is 567. The highest BCUT2D eigenvalue weighted by atomic mass is 28.4. The monoisotopic (exact) mass is 464 g/mol. The summed E-state index contributed by atoms with van der Waals surface area (Å²) in [6.45, 7) is 11.1. The van der Waals surface area contributed by atoms with Gasteiger partial charge < -0.3 is 18.0 Å². The van der Waals surface area contributed by atoms with Crippen LogP contribution in [0.5, 0.6) is 5.75 Å². The first kappa shape index (κ1) is 27.4. The van der Waals surface area contributed by atoms with Crippen LogP contribution in [0.25, 0.3) is 0 Å². The second kappa shape index (κ2) is 15.9. The Morgan fingerprint density at radius 3 is 1.91 bits per heavy atom. The number of rotatable bonds is 17. The second-order valence-electron chi connectivity index (χ2n) is 9.07. The van der Waals surface area contributed by atoms with Crippen LogP contribution in [-0.4, -0.2) is 35.2 Å². The van der Waals surface area contributed by atoms with Crippen LogP contribution < -0.4 is 4.74 Å². The molecular weight excluding hydrogens is 416 g/mol. The van der Waals surface area contributed by atoms with Gasteiger partial charge in [-0.2, -0.15) is 0 Å². The van der Waals surface area contributed by atoms with Crippen molar-refractivity contribution in [2.75, 3.05) is 26.4 Å². The summed E-state index contributed by atoms with van der Waals surface area (Å²) in [7, 11) is -2.48. The van der Waals surface area contributed by atoms with Crippen LogP contribution >= 0.6 is 0 Å². The van der Waals surface area contributed by atoms with E-state index >= 15 is 0 Å². The van der Waals surface area contributed by atoms with E-state index in [2.05, 4.69) is 31.2 Å². The first-order valence-corrected chi connectivity index (χ1v) is 15.2. The van der Waals surface area contributed by atoms with E-state index in [1.807, 2.05) is 20.8 Å². The third kappa shape index (κ3) is 9.54. The molecule has 1 aliphatic carbocycles. The molecule has 0 N–H and O–H groups in total. The standard InChI is InChI=1S/C27H48O4Si/c1-5-13-24-14-16-25(17-15-24)26-18-20-27(21-19-26)28-22-11-9-10-12-23-32(29-6-2,30-7-3)31-8-4/h18-21,24-25H,5-17,22-23H2,1-4H3. The molecule has 2 rings (SSSR count). The van der Waals surface area contributed by atoms with Crippen LogP contribution in [-0.2, 0) is 13.3 Å². The lowest BCUT2D eigenvalue weighted by molar-refractivity contribution is 0.0706. The van der Waals surface area contributed by atoms with Gasteiger partial charge >= 0.3 is 8.80 Å². The minimum Gasteiger partial charge on any atom is -0.494 e. The predicted molar refractivity (Wildman–Crippen MR) is 135 cm³/mol. The van der Waals surface area contributed by atoms with E-state index in [1.54, 1.807) is 0 Å². The van der Waals surface area contributed by atoms with E-state index in [4.69, 9.17) is 18.0 Å². The fraction of sp³-hybridized carbons (Fsp3) is 0.778. The van der Waals surface area contributed by atoms with Crippen molar-refractivity contribution in [2.45, 2.75) is 104 Å². The smallest absolute Gasteiger partial charge is 0.494 e. The van der Waals surface area contributed by atoms with Crippen LogP contribution in [0, 0.1) is 5.92 Å². The van der Waals surface area contributed by atoms with Crippen LogP contribution in [0.1, 0.15) is 103 Å². The molecule has 0 heterocycles. The molecule has 1 fully saturated rings. The first-order chi connectivity index (χ1) is 15.7. The lowest BCUT2D eigenvalue weighted by Gasteiger charge is -2.28. The van der Waals surface area contributed by atoms with Gasteiger partial charge in [0, 0.05) is 25.9 Å². The minimum atomic E-state index is -2.48. The predicted octanol–water partition coefficient (Wildman–Crippen LogP) is 7.75. The molecule has 1 aromatic rings. The Hall–Kier alpha value is -0.883. The Labute approximate surface area is 198 Å². The molecule has 0 aromatic heterocycles. The molecule has 0 saturated heterocycles. The fourth-order valence-corrected chi connectivity index (χ4v) is 7.70. The number of hydrogen-bond donors (Lipinski definition) is 0. The number of unbranched alkanes of at least 4 members (excludes halogenated alkanes) is 3. The highest BCUT2D eigenvalue weighted by Crippen LogP contribution is 2.37. The quantitative estimate of drug-likeness (QED) is 0.174.